The Morgan fingerprint density at radius 2 is 2.00 bits per heavy atom. The van der Waals surface area contributed by atoms with Crippen LogP contribution in [0.1, 0.15) is 11.3 Å². The van der Waals surface area contributed by atoms with E-state index in [9.17, 15) is 0 Å². The largest absolute Gasteiger partial charge is 0.330 e. The van der Waals surface area contributed by atoms with E-state index in [-0.39, 0.29) is 0 Å². The van der Waals surface area contributed by atoms with Gasteiger partial charge >= 0.3 is 0 Å². The maximum Gasteiger partial charge on any atom is 0.0994 e. The van der Waals surface area contributed by atoms with Crippen molar-refractivity contribution in [2.24, 2.45) is 5.73 Å². The highest BCUT2D eigenvalue weighted by molar-refractivity contribution is 5.36. The summed E-state index contributed by atoms with van der Waals surface area (Å²) in [5, 5.41) is 0. The number of imidazole rings is 1. The predicted molar refractivity (Wildman–Crippen MR) is 61.1 cm³/mol. The van der Waals surface area contributed by atoms with Gasteiger partial charge < -0.3 is 10.3 Å². The van der Waals surface area contributed by atoms with Crippen molar-refractivity contribution in [3.8, 4) is 5.69 Å². The number of aryl methyl sites for hydroxylation is 1. The molecule has 0 fully saturated rings. The number of hydrogen-bond acceptors (Lipinski definition) is 2. The van der Waals surface area contributed by atoms with Crippen molar-refractivity contribution in [3.63, 3.8) is 0 Å². The van der Waals surface area contributed by atoms with Gasteiger partial charge in [0.25, 0.3) is 0 Å². The van der Waals surface area contributed by atoms with Gasteiger partial charge in [0.1, 0.15) is 0 Å². The molecule has 0 saturated heterocycles. The normalized spacial score (nSPS) is 10.5. The van der Waals surface area contributed by atoms with Crippen LogP contribution in [0, 0.1) is 6.92 Å². The summed E-state index contributed by atoms with van der Waals surface area (Å²) >= 11 is 0. The third-order valence-electron chi connectivity index (χ3n) is 2.47. The molecule has 0 bridgehead atoms. The molecule has 78 valence electrons. The number of nitrogens with zero attached hydrogens (tertiary/aromatic N) is 2. The Labute approximate surface area is 89.6 Å². The van der Waals surface area contributed by atoms with Crippen molar-refractivity contribution < 1.29 is 0 Å². The van der Waals surface area contributed by atoms with E-state index in [1.54, 1.807) is 0 Å². The Bertz CT molecular complexity index is 428. The summed E-state index contributed by atoms with van der Waals surface area (Å²) in [4.78, 5) is 4.10. The smallest absolute Gasteiger partial charge is 0.0994 e. The molecule has 0 spiro atoms. The van der Waals surface area contributed by atoms with Crippen LogP contribution in [0.2, 0.25) is 0 Å². The molecular formula is C12H15N3. The van der Waals surface area contributed by atoms with Crippen molar-refractivity contribution in [2.45, 2.75) is 13.3 Å². The Kier molecular flexibility index (Phi) is 2.83. The van der Waals surface area contributed by atoms with Gasteiger partial charge in [-0.05, 0) is 37.6 Å². The van der Waals surface area contributed by atoms with Gasteiger partial charge in [0.2, 0.25) is 0 Å². The second-order valence-electron chi connectivity index (χ2n) is 3.61. The first-order valence-corrected chi connectivity index (χ1v) is 5.09. The third-order valence-corrected chi connectivity index (χ3v) is 2.47. The van der Waals surface area contributed by atoms with Gasteiger partial charge in [0.15, 0.2) is 0 Å². The lowest BCUT2D eigenvalue weighted by Crippen LogP contribution is -2.02. The molecule has 0 unspecified atom stereocenters. The lowest BCUT2D eigenvalue weighted by atomic mass is 10.1. The molecule has 2 aromatic rings. The Morgan fingerprint density at radius 1 is 1.27 bits per heavy atom. The summed E-state index contributed by atoms with van der Waals surface area (Å²) in [6.07, 6.45) is 4.62. The Balaban J connectivity index is 2.28. The zero-order valence-electron chi connectivity index (χ0n) is 8.85. The van der Waals surface area contributed by atoms with E-state index in [0.29, 0.717) is 6.54 Å². The van der Waals surface area contributed by atoms with Crippen molar-refractivity contribution >= 4 is 0 Å². The molecule has 0 aliphatic rings. The van der Waals surface area contributed by atoms with E-state index in [2.05, 4.69) is 33.8 Å². The maximum absolute atomic E-state index is 5.50. The number of hydrogen-bond donors (Lipinski definition) is 1. The van der Waals surface area contributed by atoms with Crippen LogP contribution in [0.4, 0.5) is 0 Å². The van der Waals surface area contributed by atoms with Gasteiger partial charge in [-0.25, -0.2) is 4.98 Å². The number of nitrogens with two attached hydrogens (primary N) is 1. The monoisotopic (exact) mass is 201 g/mol. The average molecular weight is 201 g/mol. The van der Waals surface area contributed by atoms with Crippen molar-refractivity contribution in [1.29, 1.82) is 0 Å². The van der Waals surface area contributed by atoms with Gasteiger partial charge in [-0.2, -0.15) is 0 Å². The quantitative estimate of drug-likeness (QED) is 0.821. The van der Waals surface area contributed by atoms with Crippen LogP contribution in [-0.2, 0) is 6.42 Å². The molecule has 0 atom stereocenters. The molecule has 0 saturated carbocycles. The van der Waals surface area contributed by atoms with Crippen LogP contribution in [-0.4, -0.2) is 16.1 Å². The first-order valence-electron chi connectivity index (χ1n) is 5.09. The molecule has 0 radical (unpaired) electrons. The number of benzene rings is 1. The summed E-state index contributed by atoms with van der Waals surface area (Å²) < 4.78 is 2.06. The molecule has 0 amide bonds. The lowest BCUT2D eigenvalue weighted by molar-refractivity contribution is 0.960. The SMILES string of the molecule is Cc1cncn1-c1ccc(CCN)cc1. The first-order chi connectivity index (χ1) is 7.31. The Morgan fingerprint density at radius 3 is 2.53 bits per heavy atom. The van der Waals surface area contributed by atoms with Gasteiger partial charge in [0, 0.05) is 17.6 Å². The lowest BCUT2D eigenvalue weighted by Gasteiger charge is -2.06. The summed E-state index contributed by atoms with van der Waals surface area (Å²) in [6.45, 7) is 2.74. The minimum Gasteiger partial charge on any atom is -0.330 e. The second-order valence-corrected chi connectivity index (χ2v) is 3.61. The van der Waals surface area contributed by atoms with Gasteiger partial charge in [0.05, 0.1) is 6.33 Å². The molecule has 2 rings (SSSR count). The molecule has 1 aromatic carbocycles. The number of rotatable bonds is 3. The van der Waals surface area contributed by atoms with E-state index in [0.717, 1.165) is 17.8 Å². The van der Waals surface area contributed by atoms with Crippen molar-refractivity contribution in [2.75, 3.05) is 6.54 Å². The van der Waals surface area contributed by atoms with Crippen LogP contribution in [0.25, 0.3) is 5.69 Å². The molecule has 1 aromatic heterocycles. The fraction of sp³-hybridized carbons (Fsp3) is 0.250. The van der Waals surface area contributed by atoms with Gasteiger partial charge in [-0.3, -0.25) is 0 Å². The zero-order chi connectivity index (χ0) is 10.7. The van der Waals surface area contributed by atoms with Gasteiger partial charge in [-0.15, -0.1) is 0 Å². The highest BCUT2D eigenvalue weighted by Crippen LogP contribution is 2.11. The van der Waals surface area contributed by atoms with Crippen LogP contribution < -0.4 is 5.73 Å². The summed E-state index contributed by atoms with van der Waals surface area (Å²) in [7, 11) is 0. The van der Waals surface area contributed by atoms with E-state index in [1.807, 2.05) is 19.4 Å². The first kappa shape index (κ1) is 9.93. The van der Waals surface area contributed by atoms with Crippen molar-refractivity contribution in [3.05, 3.63) is 48.0 Å². The Hall–Kier alpha value is -1.61. The van der Waals surface area contributed by atoms with Crippen LogP contribution in [0.3, 0.4) is 0 Å². The highest BCUT2D eigenvalue weighted by atomic mass is 15.0. The van der Waals surface area contributed by atoms with E-state index in [1.165, 1.54) is 5.56 Å². The second kappa shape index (κ2) is 4.28. The van der Waals surface area contributed by atoms with Crippen LogP contribution in [0.15, 0.2) is 36.8 Å². The van der Waals surface area contributed by atoms with E-state index >= 15 is 0 Å². The molecule has 2 N–H and O–H groups in total. The standard InChI is InChI=1S/C12H15N3/c1-10-8-14-9-15(10)12-4-2-11(3-5-12)6-7-13/h2-5,8-9H,6-7,13H2,1H3. The number of aromatic nitrogens is 2. The van der Waals surface area contributed by atoms with E-state index in [4.69, 9.17) is 5.73 Å². The zero-order valence-corrected chi connectivity index (χ0v) is 8.85. The van der Waals surface area contributed by atoms with Gasteiger partial charge in [-0.1, -0.05) is 12.1 Å². The molecule has 1 heterocycles. The third kappa shape index (κ3) is 2.07. The fourth-order valence-corrected chi connectivity index (χ4v) is 1.62. The molecule has 0 aliphatic carbocycles. The highest BCUT2D eigenvalue weighted by Gasteiger charge is 1.99. The minimum atomic E-state index is 0.698. The predicted octanol–water partition coefficient (Wildman–Crippen LogP) is 1.68. The minimum absolute atomic E-state index is 0.698. The molecule has 15 heavy (non-hydrogen) atoms. The average Bonchev–Trinajstić information content (AvgIpc) is 2.66. The van der Waals surface area contributed by atoms with Crippen molar-refractivity contribution in [1.82, 2.24) is 9.55 Å². The van der Waals surface area contributed by atoms with Crippen LogP contribution in [0.5, 0.6) is 0 Å². The molecular weight excluding hydrogens is 186 g/mol. The fourth-order valence-electron chi connectivity index (χ4n) is 1.62. The van der Waals surface area contributed by atoms with E-state index < -0.39 is 0 Å². The topological polar surface area (TPSA) is 43.8 Å². The van der Waals surface area contributed by atoms with Crippen LogP contribution >= 0.6 is 0 Å². The summed E-state index contributed by atoms with van der Waals surface area (Å²) in [5.74, 6) is 0. The summed E-state index contributed by atoms with van der Waals surface area (Å²) in [6, 6.07) is 8.42. The molecule has 3 heteroatoms. The molecule has 3 nitrogen and oxygen atoms in total. The molecule has 0 aliphatic heterocycles. The maximum atomic E-state index is 5.50. The summed E-state index contributed by atoms with van der Waals surface area (Å²) in [5.41, 5.74) is 9.06.